The summed E-state index contributed by atoms with van der Waals surface area (Å²) in [6, 6.07) is 16.3. The number of benzene rings is 2. The minimum absolute atomic E-state index is 0.0271. The smallest absolute Gasteiger partial charge is 0.274 e. The van der Waals surface area contributed by atoms with Gasteiger partial charge in [0, 0.05) is 62.8 Å². The molecule has 248 valence electrons. The number of aliphatic hydroxyl groups excluding tert-OH is 1. The predicted molar refractivity (Wildman–Crippen MR) is 189 cm³/mol. The summed E-state index contributed by atoms with van der Waals surface area (Å²) in [4.78, 5) is 38.8. The van der Waals surface area contributed by atoms with Gasteiger partial charge in [-0.05, 0) is 92.6 Å². The molecular weight excluding hydrogens is 607 g/mol. The highest BCUT2D eigenvalue weighted by Gasteiger charge is 2.26. The molecule has 0 spiro atoms. The fourth-order valence-electron chi connectivity index (χ4n) is 6.88. The molecule has 1 aliphatic heterocycles. The first-order valence-corrected chi connectivity index (χ1v) is 16.6. The third-order valence-electron chi connectivity index (χ3n) is 9.70. The number of aromatic nitrogens is 3. The Hall–Kier alpha value is -4.80. The van der Waals surface area contributed by atoms with Crippen molar-refractivity contribution in [1.82, 2.24) is 19.0 Å². The molecule has 3 aromatic heterocycles. The molecule has 0 amide bonds. The largest absolute Gasteiger partial charge is 0.392 e. The molecule has 2 aromatic carbocycles. The van der Waals surface area contributed by atoms with E-state index in [9.17, 15) is 14.7 Å². The number of nitrogens with zero attached hydrogens (tertiary/aromatic N) is 6. The molecule has 2 fully saturated rings. The second-order valence-electron chi connectivity index (χ2n) is 13.4. The van der Waals surface area contributed by atoms with Crippen LogP contribution < -0.4 is 20.9 Å². The zero-order valence-corrected chi connectivity index (χ0v) is 27.9. The molecule has 0 bridgehead atoms. The van der Waals surface area contributed by atoms with Crippen LogP contribution in [0.5, 0.6) is 0 Å². The van der Waals surface area contributed by atoms with Gasteiger partial charge in [0.05, 0.1) is 29.6 Å². The van der Waals surface area contributed by atoms with Crippen LogP contribution in [0.3, 0.4) is 0 Å². The Bertz CT molecular complexity index is 2110. The van der Waals surface area contributed by atoms with Crippen LogP contribution in [0.15, 0.2) is 82.8 Å². The van der Waals surface area contributed by atoms with Crippen LogP contribution in [0.2, 0.25) is 0 Å². The van der Waals surface area contributed by atoms with Gasteiger partial charge in [-0.1, -0.05) is 18.2 Å². The minimum atomic E-state index is -0.530. The highest BCUT2D eigenvalue weighted by molar-refractivity contribution is 5.84. The molecule has 4 heterocycles. The summed E-state index contributed by atoms with van der Waals surface area (Å²) < 4.78 is 18.3. The van der Waals surface area contributed by atoms with Gasteiger partial charge < -0.3 is 24.4 Å². The fourth-order valence-corrected chi connectivity index (χ4v) is 6.88. The molecule has 1 saturated carbocycles. The summed E-state index contributed by atoms with van der Waals surface area (Å²) in [6.45, 7) is 7.51. The van der Waals surface area contributed by atoms with E-state index in [-0.39, 0.29) is 23.6 Å². The van der Waals surface area contributed by atoms with Crippen LogP contribution >= 0.6 is 0 Å². The second-order valence-corrected chi connectivity index (χ2v) is 13.4. The molecule has 2 aliphatic rings. The molecule has 1 N–H and O–H groups in total. The first-order chi connectivity index (χ1) is 23.1. The molecule has 1 saturated heterocycles. The lowest BCUT2D eigenvalue weighted by atomic mass is 9.98. The van der Waals surface area contributed by atoms with E-state index >= 15 is 4.39 Å². The molecule has 0 unspecified atom stereocenters. The van der Waals surface area contributed by atoms with E-state index in [1.807, 2.05) is 49.2 Å². The van der Waals surface area contributed by atoms with Crippen molar-refractivity contribution in [3.63, 3.8) is 0 Å². The zero-order chi connectivity index (χ0) is 33.7. The lowest BCUT2D eigenvalue weighted by molar-refractivity contribution is 0.282. The van der Waals surface area contributed by atoms with Crippen molar-refractivity contribution in [2.45, 2.75) is 45.3 Å². The van der Waals surface area contributed by atoms with Gasteiger partial charge in [0.2, 0.25) is 0 Å². The number of pyridine rings is 3. The maximum atomic E-state index is 15.3. The molecule has 48 heavy (non-hydrogen) atoms. The summed E-state index contributed by atoms with van der Waals surface area (Å²) in [6.07, 6.45) is 7.32. The van der Waals surface area contributed by atoms with E-state index in [0.717, 1.165) is 50.3 Å². The van der Waals surface area contributed by atoms with Crippen LogP contribution in [0, 0.1) is 5.82 Å². The first kappa shape index (κ1) is 31.8. The van der Waals surface area contributed by atoms with Gasteiger partial charge in [0.25, 0.3) is 11.1 Å². The van der Waals surface area contributed by atoms with Crippen LogP contribution in [0.1, 0.15) is 43.7 Å². The van der Waals surface area contributed by atoms with Gasteiger partial charge in [-0.3, -0.25) is 14.2 Å². The van der Waals surface area contributed by atoms with Gasteiger partial charge in [-0.15, -0.1) is 0 Å². The van der Waals surface area contributed by atoms with Crippen LogP contribution in [-0.4, -0.2) is 63.4 Å². The average molecular weight is 649 g/mol. The Balaban J connectivity index is 1.29. The van der Waals surface area contributed by atoms with E-state index in [4.69, 9.17) is 4.98 Å². The zero-order valence-electron chi connectivity index (χ0n) is 27.9. The number of rotatable bonds is 8. The monoisotopic (exact) mass is 648 g/mol. The number of halogens is 1. The van der Waals surface area contributed by atoms with Crippen molar-refractivity contribution >= 4 is 28.0 Å². The number of piperazine rings is 1. The van der Waals surface area contributed by atoms with E-state index in [0.29, 0.717) is 45.2 Å². The maximum absolute atomic E-state index is 15.3. The minimum Gasteiger partial charge on any atom is -0.392 e. The van der Waals surface area contributed by atoms with Crippen LogP contribution in [-0.2, 0) is 13.7 Å². The van der Waals surface area contributed by atoms with Crippen LogP contribution in [0.25, 0.3) is 27.6 Å². The van der Waals surface area contributed by atoms with Gasteiger partial charge >= 0.3 is 0 Å². The molecular formula is C38H41FN6O3. The van der Waals surface area contributed by atoms with Crippen molar-refractivity contribution in [2.75, 3.05) is 43.0 Å². The van der Waals surface area contributed by atoms with Crippen molar-refractivity contribution in [2.24, 2.45) is 7.05 Å². The third kappa shape index (κ3) is 5.79. The molecule has 0 atom stereocenters. The lowest BCUT2D eigenvalue weighted by Crippen LogP contribution is -2.44. The van der Waals surface area contributed by atoms with E-state index in [1.165, 1.54) is 15.2 Å². The van der Waals surface area contributed by atoms with E-state index in [1.54, 1.807) is 37.6 Å². The SMILES string of the molecule is CC(C)N(c1ccc(N2CCN(C)CC2)cn1)c1cc(-c2cccc(-n3ccc4cc(C5CC5)cc(F)c4c3=O)c2CO)cn(C)c1=O. The number of anilines is 3. The highest BCUT2D eigenvalue weighted by Crippen LogP contribution is 2.41. The summed E-state index contributed by atoms with van der Waals surface area (Å²) in [5.41, 5.74) is 4.02. The lowest BCUT2D eigenvalue weighted by Gasteiger charge is -2.34. The van der Waals surface area contributed by atoms with Gasteiger partial charge in [0.15, 0.2) is 0 Å². The molecule has 5 aromatic rings. The number of aliphatic hydroxyl groups is 1. The number of hydrogen-bond acceptors (Lipinski definition) is 7. The number of fused-ring (bicyclic) bond motifs is 1. The molecule has 9 nitrogen and oxygen atoms in total. The molecule has 0 radical (unpaired) electrons. The predicted octanol–water partition coefficient (Wildman–Crippen LogP) is 5.56. The first-order valence-electron chi connectivity index (χ1n) is 16.6. The third-order valence-corrected chi connectivity index (χ3v) is 9.70. The Kier molecular flexibility index (Phi) is 8.39. The van der Waals surface area contributed by atoms with E-state index in [2.05, 4.69) is 22.9 Å². The van der Waals surface area contributed by atoms with Crippen molar-refractivity contribution in [3.8, 4) is 16.8 Å². The second kappa shape index (κ2) is 12.7. The van der Waals surface area contributed by atoms with Crippen molar-refractivity contribution in [3.05, 3.63) is 111 Å². The summed E-state index contributed by atoms with van der Waals surface area (Å²) in [5, 5.41) is 11.3. The summed E-state index contributed by atoms with van der Waals surface area (Å²) in [5.74, 6) is 0.486. The van der Waals surface area contributed by atoms with E-state index < -0.39 is 11.4 Å². The highest BCUT2D eigenvalue weighted by atomic mass is 19.1. The maximum Gasteiger partial charge on any atom is 0.274 e. The Morgan fingerprint density at radius 1 is 0.979 bits per heavy atom. The fraction of sp³-hybridized carbons (Fsp3) is 0.342. The normalized spacial score (nSPS) is 15.4. The van der Waals surface area contributed by atoms with Gasteiger partial charge in [-0.2, -0.15) is 0 Å². The molecule has 7 rings (SSSR count). The topological polar surface area (TPSA) is 86.8 Å². The van der Waals surface area contributed by atoms with Crippen molar-refractivity contribution in [1.29, 1.82) is 0 Å². The number of hydrogen-bond donors (Lipinski definition) is 1. The molecule has 10 heteroatoms. The number of likely N-dealkylation sites (N-methyl/N-ethyl adjacent to an activating group) is 1. The quantitative estimate of drug-likeness (QED) is 0.236. The Labute approximate surface area is 279 Å². The van der Waals surface area contributed by atoms with Crippen LogP contribution in [0.4, 0.5) is 21.6 Å². The number of aryl methyl sites for hydroxylation is 1. The average Bonchev–Trinajstić information content (AvgIpc) is 3.93. The standard InChI is InChI=1S/C38H41FN6O3/c1-24(2)45(35-11-10-29(21-40-35)43-16-14-41(3)15-17-43)34-20-28(22-42(4)37(34)47)30-6-5-7-33(31(30)23-46)44-13-12-26-18-27(25-8-9-25)19-32(39)36(26)38(44)48/h5-7,10-13,18-22,24-25,46H,8-9,14-17,23H2,1-4H3. The molecule has 1 aliphatic carbocycles. The summed E-state index contributed by atoms with van der Waals surface area (Å²) >= 11 is 0. The van der Waals surface area contributed by atoms with Crippen molar-refractivity contribution < 1.29 is 9.50 Å². The summed E-state index contributed by atoms with van der Waals surface area (Å²) in [7, 11) is 3.83. The van der Waals surface area contributed by atoms with Gasteiger partial charge in [-0.25, -0.2) is 9.37 Å². The Morgan fingerprint density at radius 3 is 2.42 bits per heavy atom. The van der Waals surface area contributed by atoms with Gasteiger partial charge in [0.1, 0.15) is 17.3 Å². The Morgan fingerprint density at radius 2 is 1.75 bits per heavy atom.